The van der Waals surface area contributed by atoms with E-state index in [1.54, 1.807) is 6.07 Å². The fourth-order valence-corrected chi connectivity index (χ4v) is 4.80. The molecular formula is C27H27FN4O2. The Morgan fingerprint density at radius 1 is 0.735 bits per heavy atom. The maximum Gasteiger partial charge on any atom is 0.326 e. The standard InChI is InChI=1S/C27H27FN4O2/c28-24-14-8-7-9-21(24)19-30-15-17-31(18-16-30)20-32-25(33)27(29-26(32)34,22-10-3-1-4-11-22)23-12-5-2-6-13-23/h1-14H,15-20H2,(H,29,34). The first-order valence-corrected chi connectivity index (χ1v) is 11.5. The fraction of sp³-hybridized carbons (Fsp3) is 0.259. The highest BCUT2D eigenvalue weighted by atomic mass is 19.1. The molecule has 3 aromatic rings. The molecule has 7 heteroatoms. The van der Waals surface area contributed by atoms with Crippen molar-refractivity contribution in [1.82, 2.24) is 20.0 Å². The Morgan fingerprint density at radius 3 is 1.85 bits per heavy atom. The number of amides is 3. The molecule has 0 aliphatic carbocycles. The van der Waals surface area contributed by atoms with Crippen LogP contribution in [0.25, 0.3) is 0 Å². The van der Waals surface area contributed by atoms with E-state index in [2.05, 4.69) is 15.1 Å². The van der Waals surface area contributed by atoms with Gasteiger partial charge in [-0.15, -0.1) is 0 Å². The van der Waals surface area contributed by atoms with Gasteiger partial charge in [-0.05, 0) is 17.2 Å². The SMILES string of the molecule is O=C1NC(c2ccccc2)(c2ccccc2)C(=O)N1CN1CCN(Cc2ccccc2F)CC1. The number of nitrogens with one attached hydrogen (secondary N) is 1. The van der Waals surface area contributed by atoms with Crippen LogP contribution in [-0.2, 0) is 16.9 Å². The quantitative estimate of drug-likeness (QED) is 0.576. The summed E-state index contributed by atoms with van der Waals surface area (Å²) < 4.78 is 14.0. The molecule has 2 aliphatic heterocycles. The Kier molecular flexibility index (Phi) is 6.13. The molecule has 0 saturated carbocycles. The van der Waals surface area contributed by atoms with Crippen LogP contribution in [0, 0.1) is 5.82 Å². The minimum atomic E-state index is -1.24. The molecule has 0 aromatic heterocycles. The molecule has 0 spiro atoms. The lowest BCUT2D eigenvalue weighted by atomic mass is 9.83. The molecule has 2 saturated heterocycles. The van der Waals surface area contributed by atoms with Crippen molar-refractivity contribution in [2.75, 3.05) is 32.8 Å². The van der Waals surface area contributed by atoms with Gasteiger partial charge in [0.2, 0.25) is 0 Å². The number of carbonyl (C=O) groups is 2. The topological polar surface area (TPSA) is 55.9 Å². The number of hydrogen-bond donors (Lipinski definition) is 1. The number of halogens is 1. The van der Waals surface area contributed by atoms with Crippen LogP contribution in [0.4, 0.5) is 9.18 Å². The molecule has 3 amide bonds. The lowest BCUT2D eigenvalue weighted by Gasteiger charge is -2.36. The summed E-state index contributed by atoms with van der Waals surface area (Å²) in [6.45, 7) is 3.62. The first-order chi connectivity index (χ1) is 16.6. The fourth-order valence-electron chi connectivity index (χ4n) is 4.80. The number of piperazine rings is 1. The van der Waals surface area contributed by atoms with E-state index in [9.17, 15) is 14.0 Å². The van der Waals surface area contributed by atoms with Gasteiger partial charge in [0.1, 0.15) is 5.82 Å². The molecular weight excluding hydrogens is 431 g/mol. The monoisotopic (exact) mass is 458 g/mol. The van der Waals surface area contributed by atoms with E-state index in [-0.39, 0.29) is 18.4 Å². The molecule has 0 atom stereocenters. The molecule has 6 nitrogen and oxygen atoms in total. The maximum atomic E-state index is 14.0. The van der Waals surface area contributed by atoms with Gasteiger partial charge in [-0.1, -0.05) is 78.9 Å². The van der Waals surface area contributed by atoms with E-state index in [0.29, 0.717) is 25.2 Å². The summed E-state index contributed by atoms with van der Waals surface area (Å²) in [5.41, 5.74) is 0.903. The second-order valence-electron chi connectivity index (χ2n) is 8.77. The van der Waals surface area contributed by atoms with Crippen molar-refractivity contribution in [3.05, 3.63) is 107 Å². The summed E-state index contributed by atoms with van der Waals surface area (Å²) in [6.07, 6.45) is 0. The molecule has 174 valence electrons. The van der Waals surface area contributed by atoms with Crippen molar-refractivity contribution >= 4 is 11.9 Å². The molecule has 5 rings (SSSR count). The zero-order chi connectivity index (χ0) is 23.5. The minimum absolute atomic E-state index is 0.192. The molecule has 1 N–H and O–H groups in total. The Hall–Kier alpha value is -3.55. The summed E-state index contributed by atoms with van der Waals surface area (Å²) >= 11 is 0. The predicted octanol–water partition coefficient (Wildman–Crippen LogP) is 3.40. The lowest BCUT2D eigenvalue weighted by molar-refractivity contribution is -0.132. The highest BCUT2D eigenvalue weighted by Gasteiger charge is 2.53. The average molecular weight is 459 g/mol. The zero-order valence-electron chi connectivity index (χ0n) is 18.9. The van der Waals surface area contributed by atoms with Gasteiger partial charge in [0.25, 0.3) is 5.91 Å². The Morgan fingerprint density at radius 2 is 1.26 bits per heavy atom. The number of rotatable bonds is 6. The van der Waals surface area contributed by atoms with Gasteiger partial charge in [-0.3, -0.25) is 14.6 Å². The van der Waals surface area contributed by atoms with Crippen LogP contribution >= 0.6 is 0 Å². The van der Waals surface area contributed by atoms with Crippen LogP contribution in [0.15, 0.2) is 84.9 Å². The number of nitrogens with zero attached hydrogens (tertiary/aromatic N) is 3. The van der Waals surface area contributed by atoms with Crippen LogP contribution in [0.1, 0.15) is 16.7 Å². The molecule has 0 unspecified atom stereocenters. The number of hydrogen-bond acceptors (Lipinski definition) is 4. The van der Waals surface area contributed by atoms with E-state index >= 15 is 0 Å². The van der Waals surface area contributed by atoms with Gasteiger partial charge >= 0.3 is 6.03 Å². The van der Waals surface area contributed by atoms with Gasteiger partial charge in [0.15, 0.2) is 5.54 Å². The van der Waals surface area contributed by atoms with Crippen molar-refractivity contribution < 1.29 is 14.0 Å². The Bertz CT molecular complexity index is 1120. The van der Waals surface area contributed by atoms with E-state index < -0.39 is 11.6 Å². The first kappa shape index (κ1) is 22.3. The first-order valence-electron chi connectivity index (χ1n) is 11.5. The van der Waals surface area contributed by atoms with E-state index in [1.807, 2.05) is 72.8 Å². The third kappa shape index (κ3) is 4.08. The lowest BCUT2D eigenvalue weighted by Crippen LogP contribution is -2.51. The van der Waals surface area contributed by atoms with Crippen LogP contribution in [0.2, 0.25) is 0 Å². The normalized spacial score (nSPS) is 18.8. The van der Waals surface area contributed by atoms with Crippen LogP contribution in [-0.4, -0.2) is 59.5 Å². The van der Waals surface area contributed by atoms with Gasteiger partial charge in [-0.2, -0.15) is 0 Å². The molecule has 2 heterocycles. The molecule has 0 bridgehead atoms. The summed E-state index contributed by atoms with van der Waals surface area (Å²) in [4.78, 5) is 32.5. The maximum absolute atomic E-state index is 14.0. The third-order valence-electron chi connectivity index (χ3n) is 6.68. The Labute approximate surface area is 198 Å². The van der Waals surface area contributed by atoms with E-state index in [4.69, 9.17) is 0 Å². The van der Waals surface area contributed by atoms with Crippen molar-refractivity contribution in [2.45, 2.75) is 12.1 Å². The number of benzene rings is 3. The third-order valence-corrected chi connectivity index (χ3v) is 6.68. The average Bonchev–Trinajstić information content (AvgIpc) is 3.13. The molecule has 2 aliphatic rings. The minimum Gasteiger partial charge on any atom is -0.315 e. The van der Waals surface area contributed by atoms with E-state index in [1.165, 1.54) is 11.0 Å². The zero-order valence-corrected chi connectivity index (χ0v) is 18.9. The number of carbonyl (C=O) groups excluding carboxylic acids is 2. The highest BCUT2D eigenvalue weighted by Crippen LogP contribution is 2.36. The van der Waals surface area contributed by atoms with Crippen molar-refractivity contribution in [3.8, 4) is 0 Å². The largest absolute Gasteiger partial charge is 0.326 e. The highest BCUT2D eigenvalue weighted by molar-refractivity contribution is 6.09. The molecule has 34 heavy (non-hydrogen) atoms. The molecule has 3 aromatic carbocycles. The van der Waals surface area contributed by atoms with Gasteiger partial charge in [0, 0.05) is 38.3 Å². The van der Waals surface area contributed by atoms with Gasteiger partial charge in [0.05, 0.1) is 6.67 Å². The number of urea groups is 1. The molecule has 2 fully saturated rings. The van der Waals surface area contributed by atoms with Crippen LogP contribution in [0.5, 0.6) is 0 Å². The second-order valence-corrected chi connectivity index (χ2v) is 8.77. The van der Waals surface area contributed by atoms with E-state index in [0.717, 1.165) is 24.2 Å². The van der Waals surface area contributed by atoms with Crippen molar-refractivity contribution in [3.63, 3.8) is 0 Å². The predicted molar refractivity (Wildman–Crippen MR) is 127 cm³/mol. The summed E-state index contributed by atoms with van der Waals surface area (Å²) in [7, 11) is 0. The summed E-state index contributed by atoms with van der Waals surface area (Å²) in [5, 5.41) is 3.00. The van der Waals surface area contributed by atoms with Gasteiger partial charge < -0.3 is 5.32 Å². The Balaban J connectivity index is 1.30. The van der Waals surface area contributed by atoms with Crippen LogP contribution < -0.4 is 5.32 Å². The summed E-state index contributed by atoms with van der Waals surface area (Å²) in [6, 6.07) is 25.2. The van der Waals surface area contributed by atoms with Crippen LogP contribution in [0.3, 0.4) is 0 Å². The second kappa shape index (κ2) is 9.37. The molecule has 0 radical (unpaired) electrons. The van der Waals surface area contributed by atoms with Crippen molar-refractivity contribution in [1.29, 1.82) is 0 Å². The summed E-state index contributed by atoms with van der Waals surface area (Å²) in [5.74, 6) is -0.467. The smallest absolute Gasteiger partial charge is 0.315 e. The number of imide groups is 1. The van der Waals surface area contributed by atoms with Crippen molar-refractivity contribution in [2.24, 2.45) is 0 Å². The van der Waals surface area contributed by atoms with Gasteiger partial charge in [-0.25, -0.2) is 14.1 Å².